The molecule has 3 N–H and O–H groups in total. The summed E-state index contributed by atoms with van der Waals surface area (Å²) in [7, 11) is 0. The van der Waals surface area contributed by atoms with Crippen molar-refractivity contribution < 1.29 is 14.7 Å². The van der Waals surface area contributed by atoms with Crippen LogP contribution in [-0.2, 0) is 4.79 Å². The van der Waals surface area contributed by atoms with Crippen molar-refractivity contribution in [2.24, 2.45) is 11.1 Å². The average molecular weight is 263 g/mol. The van der Waals surface area contributed by atoms with E-state index < -0.39 is 17.3 Å². The zero-order chi connectivity index (χ0) is 14.2. The van der Waals surface area contributed by atoms with Crippen LogP contribution in [0, 0.1) is 12.3 Å². The van der Waals surface area contributed by atoms with E-state index in [1.54, 1.807) is 19.1 Å². The summed E-state index contributed by atoms with van der Waals surface area (Å²) in [5.41, 5.74) is 5.63. The van der Waals surface area contributed by atoms with Crippen LogP contribution in [0.1, 0.15) is 29.4 Å². The van der Waals surface area contributed by atoms with Crippen molar-refractivity contribution in [3.63, 3.8) is 0 Å². The molecule has 0 radical (unpaired) electrons. The molecule has 0 aliphatic carbocycles. The Morgan fingerprint density at radius 2 is 2.16 bits per heavy atom. The molecule has 1 fully saturated rings. The number of amides is 1. The number of aromatic nitrogens is 1. The summed E-state index contributed by atoms with van der Waals surface area (Å²) in [6.07, 6.45) is 0.524. The van der Waals surface area contributed by atoms with E-state index in [9.17, 15) is 14.7 Å². The second-order valence-corrected chi connectivity index (χ2v) is 5.23. The molecular formula is C13H17N3O3. The van der Waals surface area contributed by atoms with Gasteiger partial charge in [-0.15, -0.1) is 0 Å². The van der Waals surface area contributed by atoms with E-state index in [-0.39, 0.29) is 0 Å². The Morgan fingerprint density at radius 3 is 2.68 bits per heavy atom. The highest BCUT2D eigenvalue weighted by atomic mass is 16.4. The molecule has 0 bridgehead atoms. The third-order valence-corrected chi connectivity index (χ3v) is 3.57. The average Bonchev–Trinajstić information content (AvgIpc) is 2.73. The number of carbonyl (C=O) groups is 2. The quantitative estimate of drug-likeness (QED) is 0.840. The molecule has 2 rings (SSSR count). The first-order valence-electron chi connectivity index (χ1n) is 6.09. The summed E-state index contributed by atoms with van der Waals surface area (Å²) < 4.78 is 0. The zero-order valence-electron chi connectivity index (χ0n) is 11.0. The molecule has 0 spiro atoms. The number of aliphatic carboxylic acids is 1. The van der Waals surface area contributed by atoms with Crippen LogP contribution in [0.2, 0.25) is 0 Å². The van der Waals surface area contributed by atoms with E-state index in [1.165, 1.54) is 0 Å². The molecule has 1 atom stereocenters. The van der Waals surface area contributed by atoms with Gasteiger partial charge in [-0.1, -0.05) is 0 Å². The molecule has 0 aromatic carbocycles. The molecule has 1 aromatic rings. The van der Waals surface area contributed by atoms with Crippen LogP contribution in [0.15, 0.2) is 12.1 Å². The van der Waals surface area contributed by atoms with Gasteiger partial charge in [0.2, 0.25) is 0 Å². The molecule has 102 valence electrons. The lowest BCUT2D eigenvalue weighted by Gasteiger charge is -2.22. The maximum atomic E-state index is 11.4. The third kappa shape index (κ3) is 2.38. The number of hydrogen-bond acceptors (Lipinski definition) is 4. The number of pyridine rings is 1. The first-order chi connectivity index (χ1) is 8.83. The highest BCUT2D eigenvalue weighted by molar-refractivity contribution is 5.98. The van der Waals surface area contributed by atoms with E-state index in [4.69, 9.17) is 5.73 Å². The molecule has 1 aromatic heterocycles. The Balaban J connectivity index is 2.36. The normalized spacial score (nSPS) is 22.5. The Hall–Kier alpha value is -2.11. The third-order valence-electron chi connectivity index (χ3n) is 3.57. The maximum Gasteiger partial charge on any atom is 0.311 e. The summed E-state index contributed by atoms with van der Waals surface area (Å²) in [5.74, 6) is -0.896. The molecule has 0 saturated carbocycles. The van der Waals surface area contributed by atoms with Gasteiger partial charge >= 0.3 is 5.97 Å². The van der Waals surface area contributed by atoms with Crippen LogP contribution in [0.3, 0.4) is 0 Å². The van der Waals surface area contributed by atoms with E-state index in [1.807, 2.05) is 11.8 Å². The summed E-state index contributed by atoms with van der Waals surface area (Å²) in [5, 5.41) is 9.23. The van der Waals surface area contributed by atoms with Gasteiger partial charge in [0.05, 0.1) is 11.0 Å². The summed E-state index contributed by atoms with van der Waals surface area (Å²) in [6.45, 7) is 4.41. The van der Waals surface area contributed by atoms with E-state index in [2.05, 4.69) is 4.98 Å². The van der Waals surface area contributed by atoms with Crippen LogP contribution >= 0.6 is 0 Å². The van der Waals surface area contributed by atoms with Crippen molar-refractivity contribution in [2.75, 3.05) is 18.0 Å². The second kappa shape index (κ2) is 4.53. The molecule has 1 amide bonds. The van der Waals surface area contributed by atoms with Crippen molar-refractivity contribution in [3.05, 3.63) is 23.4 Å². The zero-order valence-corrected chi connectivity index (χ0v) is 11.0. The largest absolute Gasteiger partial charge is 0.481 e. The number of primary amides is 1. The molecule has 1 aliphatic rings. The first-order valence-corrected chi connectivity index (χ1v) is 6.09. The van der Waals surface area contributed by atoms with Crippen molar-refractivity contribution in [3.8, 4) is 0 Å². The number of carboxylic acids is 1. The topological polar surface area (TPSA) is 96.5 Å². The summed E-state index contributed by atoms with van der Waals surface area (Å²) in [6, 6.07) is 3.35. The van der Waals surface area contributed by atoms with Gasteiger partial charge in [-0.25, -0.2) is 4.98 Å². The van der Waals surface area contributed by atoms with Gasteiger partial charge in [-0.2, -0.15) is 0 Å². The highest BCUT2D eigenvalue weighted by Gasteiger charge is 2.41. The predicted molar refractivity (Wildman–Crippen MR) is 70.1 cm³/mol. The number of carboxylic acid groups (broad SMARTS) is 1. The number of aryl methyl sites for hydroxylation is 1. The van der Waals surface area contributed by atoms with Crippen LogP contribution in [0.25, 0.3) is 0 Å². The molecule has 1 unspecified atom stereocenters. The SMILES string of the molecule is Cc1ccc(C(N)=O)c(N2CCC(C)(C(=O)O)C2)n1. The smallest absolute Gasteiger partial charge is 0.311 e. The van der Waals surface area contributed by atoms with Crippen LogP contribution in [0.5, 0.6) is 0 Å². The van der Waals surface area contributed by atoms with E-state index >= 15 is 0 Å². The molecule has 6 heteroatoms. The monoisotopic (exact) mass is 263 g/mol. The molecular weight excluding hydrogens is 246 g/mol. The first kappa shape index (κ1) is 13.3. The van der Waals surface area contributed by atoms with Crippen LogP contribution < -0.4 is 10.6 Å². The van der Waals surface area contributed by atoms with Gasteiger partial charge in [-0.05, 0) is 32.4 Å². The minimum absolute atomic E-state index is 0.332. The summed E-state index contributed by atoms with van der Waals surface area (Å²) >= 11 is 0. The Bertz CT molecular complexity index is 544. The fourth-order valence-electron chi connectivity index (χ4n) is 2.29. The summed E-state index contributed by atoms with van der Waals surface area (Å²) in [4.78, 5) is 28.8. The molecule has 19 heavy (non-hydrogen) atoms. The number of nitrogens with zero attached hydrogens (tertiary/aromatic N) is 2. The molecule has 6 nitrogen and oxygen atoms in total. The molecule has 1 saturated heterocycles. The van der Waals surface area contributed by atoms with Crippen molar-refractivity contribution in [1.29, 1.82) is 0 Å². The lowest BCUT2D eigenvalue weighted by Crippen LogP contribution is -2.33. The van der Waals surface area contributed by atoms with Crippen molar-refractivity contribution in [2.45, 2.75) is 20.3 Å². The van der Waals surface area contributed by atoms with Crippen molar-refractivity contribution in [1.82, 2.24) is 4.98 Å². The van der Waals surface area contributed by atoms with Crippen LogP contribution in [0.4, 0.5) is 5.82 Å². The van der Waals surface area contributed by atoms with Gasteiger partial charge < -0.3 is 15.7 Å². The number of rotatable bonds is 3. The Labute approximate surface area is 111 Å². The van der Waals surface area contributed by atoms with Crippen LogP contribution in [-0.4, -0.2) is 35.1 Å². The predicted octanol–water partition coefficient (Wildman–Crippen LogP) is 0.790. The van der Waals surface area contributed by atoms with Gasteiger partial charge in [0.25, 0.3) is 5.91 Å². The fraction of sp³-hybridized carbons (Fsp3) is 0.462. The lowest BCUT2D eigenvalue weighted by atomic mass is 9.90. The van der Waals surface area contributed by atoms with Gasteiger partial charge in [-0.3, -0.25) is 9.59 Å². The van der Waals surface area contributed by atoms with Gasteiger partial charge in [0.15, 0.2) is 0 Å². The maximum absolute atomic E-state index is 11.4. The van der Waals surface area contributed by atoms with Crippen molar-refractivity contribution >= 4 is 17.7 Å². The van der Waals surface area contributed by atoms with Gasteiger partial charge in [0, 0.05) is 18.8 Å². The van der Waals surface area contributed by atoms with E-state index in [0.717, 1.165) is 5.69 Å². The molecule has 2 heterocycles. The molecule has 1 aliphatic heterocycles. The minimum Gasteiger partial charge on any atom is -0.481 e. The number of nitrogens with two attached hydrogens (primary N) is 1. The van der Waals surface area contributed by atoms with E-state index in [0.29, 0.717) is 30.9 Å². The van der Waals surface area contributed by atoms with Gasteiger partial charge in [0.1, 0.15) is 5.82 Å². The Morgan fingerprint density at radius 1 is 1.47 bits per heavy atom. The highest BCUT2D eigenvalue weighted by Crippen LogP contribution is 2.34. The second-order valence-electron chi connectivity index (χ2n) is 5.23. The Kier molecular flexibility index (Phi) is 3.18. The fourth-order valence-corrected chi connectivity index (χ4v) is 2.29. The number of carbonyl (C=O) groups excluding carboxylic acids is 1. The number of hydrogen-bond donors (Lipinski definition) is 2. The number of anilines is 1. The lowest BCUT2D eigenvalue weighted by molar-refractivity contribution is -0.146. The standard InChI is InChI=1S/C13H17N3O3/c1-8-3-4-9(10(14)17)11(15-8)16-6-5-13(2,7-16)12(18)19/h3-4H,5-7H2,1-2H3,(H2,14,17)(H,18,19). The minimum atomic E-state index is -0.830.